The molecule has 0 aromatic heterocycles. The summed E-state index contributed by atoms with van der Waals surface area (Å²) in [4.78, 5) is 0. The van der Waals surface area contributed by atoms with Gasteiger partial charge in [-0.15, -0.1) is 0 Å². The summed E-state index contributed by atoms with van der Waals surface area (Å²) in [6.07, 6.45) is 4.14. The van der Waals surface area contributed by atoms with Crippen molar-refractivity contribution in [3.63, 3.8) is 0 Å². The lowest BCUT2D eigenvalue weighted by Gasteiger charge is -2.47. The summed E-state index contributed by atoms with van der Waals surface area (Å²) in [5, 5.41) is 39.5. The van der Waals surface area contributed by atoms with Gasteiger partial charge in [0.1, 0.15) is 0 Å². The average molecular weight is 276 g/mol. The highest BCUT2D eigenvalue weighted by Crippen LogP contribution is 2.42. The monoisotopic (exact) mass is 276 g/mol. The largest absolute Gasteiger partial charge is 0.396 e. The van der Waals surface area contributed by atoms with E-state index in [1.165, 1.54) is 0 Å². The van der Waals surface area contributed by atoms with Gasteiger partial charge in [-0.2, -0.15) is 0 Å². The van der Waals surface area contributed by atoms with E-state index in [0.29, 0.717) is 32.1 Å². The number of unbranched alkanes of at least 4 members (excludes halogenated alkanes) is 2. The standard InChI is InChI=1S/C15H32O4/c1-4-6-10-15(5-2,12-17)14(3,19)13(18)9-7-8-11-16/h13,16-19H,4-12H2,1-3H3. The summed E-state index contributed by atoms with van der Waals surface area (Å²) in [7, 11) is 0. The van der Waals surface area contributed by atoms with Gasteiger partial charge in [0.25, 0.3) is 0 Å². The Morgan fingerprint density at radius 1 is 1.05 bits per heavy atom. The molecule has 0 radical (unpaired) electrons. The fourth-order valence-electron chi connectivity index (χ4n) is 2.74. The molecule has 4 nitrogen and oxygen atoms in total. The molecule has 0 rings (SSSR count). The fourth-order valence-corrected chi connectivity index (χ4v) is 2.74. The van der Waals surface area contributed by atoms with Crippen LogP contribution in [0.2, 0.25) is 0 Å². The van der Waals surface area contributed by atoms with Crippen molar-refractivity contribution in [3.05, 3.63) is 0 Å². The summed E-state index contributed by atoms with van der Waals surface area (Å²) in [6, 6.07) is 0. The molecule has 0 bridgehead atoms. The summed E-state index contributed by atoms with van der Waals surface area (Å²) in [6.45, 7) is 5.63. The molecule has 4 N–H and O–H groups in total. The minimum absolute atomic E-state index is 0.101. The van der Waals surface area contributed by atoms with Gasteiger partial charge in [-0.3, -0.25) is 0 Å². The first-order valence-electron chi connectivity index (χ1n) is 7.54. The molecule has 4 heteroatoms. The van der Waals surface area contributed by atoms with Gasteiger partial charge in [0, 0.05) is 12.0 Å². The van der Waals surface area contributed by atoms with Crippen LogP contribution >= 0.6 is 0 Å². The third kappa shape index (κ3) is 4.71. The van der Waals surface area contributed by atoms with Gasteiger partial charge in [0.2, 0.25) is 0 Å². The van der Waals surface area contributed by atoms with Crippen LogP contribution in [0.4, 0.5) is 0 Å². The number of rotatable bonds is 11. The molecule has 0 saturated carbocycles. The number of hydrogen-bond donors (Lipinski definition) is 4. The zero-order chi connectivity index (χ0) is 14.9. The second kappa shape index (κ2) is 8.90. The summed E-state index contributed by atoms with van der Waals surface area (Å²) in [5.74, 6) is 0. The van der Waals surface area contributed by atoms with Crippen LogP contribution in [0, 0.1) is 5.41 Å². The van der Waals surface area contributed by atoms with E-state index < -0.39 is 17.1 Å². The van der Waals surface area contributed by atoms with Crippen LogP contribution in [0.15, 0.2) is 0 Å². The summed E-state index contributed by atoms with van der Waals surface area (Å²) >= 11 is 0. The molecule has 0 fully saturated rings. The predicted molar refractivity (Wildman–Crippen MR) is 76.9 cm³/mol. The van der Waals surface area contributed by atoms with Crippen molar-refractivity contribution < 1.29 is 20.4 Å². The highest BCUT2D eigenvalue weighted by Gasteiger charge is 2.49. The Morgan fingerprint density at radius 3 is 2.11 bits per heavy atom. The third-order valence-corrected chi connectivity index (χ3v) is 4.60. The molecule has 116 valence electrons. The molecular weight excluding hydrogens is 244 g/mol. The van der Waals surface area contributed by atoms with Crippen LogP contribution in [-0.4, -0.2) is 45.3 Å². The predicted octanol–water partition coefficient (Wildman–Crippen LogP) is 1.84. The maximum absolute atomic E-state index is 10.7. The van der Waals surface area contributed by atoms with Crippen molar-refractivity contribution in [1.82, 2.24) is 0 Å². The highest BCUT2D eigenvalue weighted by atomic mass is 16.3. The molecule has 0 spiro atoms. The Bertz CT molecular complexity index is 224. The van der Waals surface area contributed by atoms with Crippen molar-refractivity contribution in [3.8, 4) is 0 Å². The lowest BCUT2D eigenvalue weighted by Crippen LogP contribution is -2.56. The van der Waals surface area contributed by atoms with Gasteiger partial charge < -0.3 is 20.4 Å². The Labute approximate surface area is 117 Å². The SMILES string of the molecule is CCCCC(CC)(CO)C(C)(O)C(O)CCCCO. The van der Waals surface area contributed by atoms with Gasteiger partial charge in [0.15, 0.2) is 0 Å². The van der Waals surface area contributed by atoms with Gasteiger partial charge in [-0.05, 0) is 39.0 Å². The van der Waals surface area contributed by atoms with E-state index in [4.69, 9.17) is 5.11 Å². The molecule has 3 atom stereocenters. The minimum Gasteiger partial charge on any atom is -0.396 e. The molecule has 0 aromatic carbocycles. The van der Waals surface area contributed by atoms with Gasteiger partial charge in [-0.25, -0.2) is 0 Å². The Morgan fingerprint density at radius 2 is 1.68 bits per heavy atom. The first-order chi connectivity index (χ1) is 8.91. The van der Waals surface area contributed by atoms with Crippen LogP contribution in [0.5, 0.6) is 0 Å². The molecular formula is C15H32O4. The van der Waals surface area contributed by atoms with Gasteiger partial charge >= 0.3 is 0 Å². The van der Waals surface area contributed by atoms with Crippen LogP contribution in [0.1, 0.15) is 65.7 Å². The zero-order valence-electron chi connectivity index (χ0n) is 12.7. The molecule has 0 heterocycles. The fraction of sp³-hybridized carbons (Fsp3) is 1.00. The quantitative estimate of drug-likeness (QED) is 0.434. The molecule has 0 aliphatic carbocycles. The maximum atomic E-state index is 10.7. The molecule has 0 saturated heterocycles. The van der Waals surface area contributed by atoms with Crippen molar-refractivity contribution in [2.75, 3.05) is 13.2 Å². The van der Waals surface area contributed by atoms with E-state index in [9.17, 15) is 15.3 Å². The van der Waals surface area contributed by atoms with Crippen molar-refractivity contribution in [1.29, 1.82) is 0 Å². The molecule has 0 aliphatic rings. The van der Waals surface area contributed by atoms with E-state index in [-0.39, 0.29) is 13.2 Å². The minimum atomic E-state index is -1.30. The normalized spacial score (nSPS) is 19.7. The van der Waals surface area contributed by atoms with Crippen molar-refractivity contribution >= 4 is 0 Å². The summed E-state index contributed by atoms with van der Waals surface area (Å²) < 4.78 is 0. The molecule has 0 aromatic rings. The molecule has 0 aliphatic heterocycles. The lowest BCUT2D eigenvalue weighted by molar-refractivity contribution is -0.170. The molecule has 0 amide bonds. The van der Waals surface area contributed by atoms with Gasteiger partial charge in [-0.1, -0.05) is 26.7 Å². The third-order valence-electron chi connectivity index (χ3n) is 4.60. The van der Waals surface area contributed by atoms with E-state index in [1.54, 1.807) is 6.92 Å². The van der Waals surface area contributed by atoms with Crippen molar-refractivity contribution in [2.24, 2.45) is 5.41 Å². The maximum Gasteiger partial charge on any atom is 0.0955 e. The van der Waals surface area contributed by atoms with Gasteiger partial charge in [0.05, 0.1) is 18.3 Å². The topological polar surface area (TPSA) is 80.9 Å². The first kappa shape index (κ1) is 18.8. The molecule has 3 unspecified atom stereocenters. The average Bonchev–Trinajstić information content (AvgIpc) is 2.40. The first-order valence-corrected chi connectivity index (χ1v) is 7.54. The van der Waals surface area contributed by atoms with E-state index in [2.05, 4.69) is 6.92 Å². The van der Waals surface area contributed by atoms with E-state index in [1.807, 2.05) is 6.92 Å². The highest BCUT2D eigenvalue weighted by molar-refractivity contribution is 4.99. The van der Waals surface area contributed by atoms with E-state index >= 15 is 0 Å². The number of hydrogen-bond acceptors (Lipinski definition) is 4. The van der Waals surface area contributed by atoms with Crippen LogP contribution in [-0.2, 0) is 0 Å². The smallest absolute Gasteiger partial charge is 0.0955 e. The van der Waals surface area contributed by atoms with Crippen LogP contribution in [0.3, 0.4) is 0 Å². The second-order valence-electron chi connectivity index (χ2n) is 5.78. The number of aliphatic hydroxyl groups is 4. The molecule has 19 heavy (non-hydrogen) atoms. The Balaban J connectivity index is 4.84. The second-order valence-corrected chi connectivity index (χ2v) is 5.78. The Kier molecular flexibility index (Phi) is 8.83. The van der Waals surface area contributed by atoms with Crippen molar-refractivity contribution in [2.45, 2.75) is 77.4 Å². The van der Waals surface area contributed by atoms with E-state index in [0.717, 1.165) is 12.8 Å². The lowest BCUT2D eigenvalue weighted by atomic mass is 9.65. The zero-order valence-corrected chi connectivity index (χ0v) is 12.7. The van der Waals surface area contributed by atoms with Crippen LogP contribution < -0.4 is 0 Å². The van der Waals surface area contributed by atoms with Crippen LogP contribution in [0.25, 0.3) is 0 Å². The number of aliphatic hydroxyl groups excluding tert-OH is 3. The summed E-state index contributed by atoms with van der Waals surface area (Å²) in [5.41, 5.74) is -1.96. The Hall–Kier alpha value is -0.160.